The van der Waals surface area contributed by atoms with Gasteiger partial charge < -0.3 is 19.7 Å². The number of hydrogen-bond donors (Lipinski definition) is 2. The molecule has 2 N–H and O–H groups in total. The molecule has 0 unspecified atom stereocenters. The van der Waals surface area contributed by atoms with Gasteiger partial charge in [0.15, 0.2) is 0 Å². The van der Waals surface area contributed by atoms with Crippen LogP contribution in [-0.2, 0) is 9.47 Å². The molecular weight excluding hydrogens is 232 g/mol. The summed E-state index contributed by atoms with van der Waals surface area (Å²) in [6, 6.07) is 8.36. The summed E-state index contributed by atoms with van der Waals surface area (Å²) in [6.07, 6.45) is 0. The number of rotatable bonds is 5. The minimum Gasteiger partial charge on any atom is -0.388 e. The van der Waals surface area contributed by atoms with Crippen LogP contribution in [-0.4, -0.2) is 36.0 Å². The highest BCUT2D eigenvalue weighted by Gasteiger charge is 2.26. The van der Waals surface area contributed by atoms with Crippen molar-refractivity contribution in [3.63, 3.8) is 0 Å². The minimum absolute atomic E-state index is 0.303. The van der Waals surface area contributed by atoms with Crippen LogP contribution in [0.25, 0.3) is 0 Å². The zero-order valence-electron chi connectivity index (χ0n) is 11.6. The van der Waals surface area contributed by atoms with E-state index in [4.69, 9.17) is 19.7 Å². The average Bonchev–Trinajstić information content (AvgIpc) is 2.34. The van der Waals surface area contributed by atoms with E-state index in [0.717, 1.165) is 0 Å². The first-order valence-corrected chi connectivity index (χ1v) is 6.12. The summed E-state index contributed by atoms with van der Waals surface area (Å²) in [5.41, 5.74) is 2.74. The predicted molar refractivity (Wildman–Crippen MR) is 71.2 cm³/mol. The van der Waals surface area contributed by atoms with Gasteiger partial charge in [0, 0.05) is 13.2 Å². The van der Waals surface area contributed by atoms with Crippen molar-refractivity contribution in [2.75, 3.05) is 19.8 Å². The normalized spacial score (nSPS) is 10.8. The fraction of sp³-hybridized carbons (Fsp3) is 0.571. The summed E-state index contributed by atoms with van der Waals surface area (Å²) in [5, 5.41) is 17.7. The van der Waals surface area contributed by atoms with E-state index < -0.39 is 12.6 Å². The van der Waals surface area contributed by atoms with Gasteiger partial charge in [-0.15, -0.1) is 0 Å². The Morgan fingerprint density at radius 2 is 1.39 bits per heavy atom. The lowest BCUT2D eigenvalue weighted by Gasteiger charge is -2.24. The third-order valence-corrected chi connectivity index (χ3v) is 2.37. The number of ether oxygens (including phenoxy) is 2. The summed E-state index contributed by atoms with van der Waals surface area (Å²) >= 11 is 0. The van der Waals surface area contributed by atoms with Crippen LogP contribution in [0.3, 0.4) is 0 Å². The smallest absolute Gasteiger partial charge is 0.305 e. The van der Waals surface area contributed by atoms with Crippen molar-refractivity contribution in [3.05, 3.63) is 35.4 Å². The van der Waals surface area contributed by atoms with Crippen LogP contribution in [0.5, 0.6) is 0 Å². The highest BCUT2D eigenvalue weighted by atomic mass is 16.8. The molecule has 0 bridgehead atoms. The summed E-state index contributed by atoms with van der Waals surface area (Å²) in [4.78, 5) is 0. The maximum Gasteiger partial charge on any atom is 0.305 e. The molecule has 0 aliphatic heterocycles. The van der Waals surface area contributed by atoms with E-state index >= 15 is 0 Å². The molecule has 1 aromatic carbocycles. The molecule has 0 heterocycles. The van der Waals surface area contributed by atoms with Gasteiger partial charge in [0.05, 0.1) is 0 Å². The molecule has 0 radical (unpaired) electrons. The second-order valence-corrected chi connectivity index (χ2v) is 3.82. The summed E-state index contributed by atoms with van der Waals surface area (Å²) in [6.45, 7) is 7.72. The van der Waals surface area contributed by atoms with Crippen LogP contribution >= 0.6 is 0 Å². The topological polar surface area (TPSA) is 58.9 Å². The first-order valence-electron chi connectivity index (χ1n) is 6.12. The molecule has 0 spiro atoms. The van der Waals surface area contributed by atoms with Crippen molar-refractivity contribution < 1.29 is 19.7 Å². The van der Waals surface area contributed by atoms with E-state index in [1.165, 1.54) is 11.1 Å². The Hall–Kier alpha value is -0.940. The van der Waals surface area contributed by atoms with Crippen LogP contribution in [0.2, 0.25) is 0 Å². The quantitative estimate of drug-likeness (QED) is 0.791. The molecular formula is C14H24O4. The maximum atomic E-state index is 9.13. The number of aliphatic hydroxyl groups is 2. The predicted octanol–water partition coefficient (Wildman–Crippen LogP) is 2.00. The molecule has 104 valence electrons. The van der Waals surface area contributed by atoms with Gasteiger partial charge in [-0.25, -0.2) is 0 Å². The number of benzene rings is 1. The van der Waals surface area contributed by atoms with Crippen molar-refractivity contribution >= 4 is 0 Å². The van der Waals surface area contributed by atoms with Gasteiger partial charge in [0.1, 0.15) is 6.61 Å². The van der Waals surface area contributed by atoms with Gasteiger partial charge in [-0.1, -0.05) is 24.3 Å². The number of hydrogen-bond acceptors (Lipinski definition) is 4. The largest absolute Gasteiger partial charge is 0.388 e. The molecule has 0 aliphatic rings. The van der Waals surface area contributed by atoms with Gasteiger partial charge in [-0.2, -0.15) is 0 Å². The Morgan fingerprint density at radius 1 is 1.00 bits per heavy atom. The fourth-order valence-electron chi connectivity index (χ4n) is 1.25. The molecule has 18 heavy (non-hydrogen) atoms. The number of aryl methyl sites for hydroxylation is 2. The molecule has 0 amide bonds. The first kappa shape index (κ1) is 17.1. The van der Waals surface area contributed by atoms with E-state index in [1.807, 2.05) is 0 Å². The molecule has 4 nitrogen and oxygen atoms in total. The van der Waals surface area contributed by atoms with Gasteiger partial charge >= 0.3 is 5.97 Å². The Bertz CT molecular complexity index is 298. The zero-order valence-corrected chi connectivity index (χ0v) is 11.6. The Kier molecular flexibility index (Phi) is 8.58. The van der Waals surface area contributed by atoms with E-state index in [2.05, 4.69) is 38.1 Å². The standard InChI is InChI=1S/C8H10.C6H14O4/c1-7-5-3-4-6-8(7)2;1-3-9-6(8,5-7)10-4-2/h3-6H,1-2H3;7-8H,3-5H2,1-2H3. The molecule has 0 atom stereocenters. The second kappa shape index (κ2) is 9.05. The van der Waals surface area contributed by atoms with Crippen LogP contribution in [0.4, 0.5) is 0 Å². The number of aliphatic hydroxyl groups excluding tert-OH is 1. The third kappa shape index (κ3) is 6.71. The molecule has 0 fully saturated rings. The summed E-state index contributed by atoms with van der Waals surface area (Å²) in [5.74, 6) is -1.80. The van der Waals surface area contributed by atoms with Gasteiger partial charge in [-0.05, 0) is 38.8 Å². The van der Waals surface area contributed by atoms with Crippen LogP contribution < -0.4 is 0 Å². The lowest BCUT2D eigenvalue weighted by Crippen LogP contribution is -2.39. The van der Waals surface area contributed by atoms with Crippen molar-refractivity contribution in [2.24, 2.45) is 0 Å². The van der Waals surface area contributed by atoms with Gasteiger partial charge in [-0.3, -0.25) is 0 Å². The van der Waals surface area contributed by atoms with Gasteiger partial charge in [0.2, 0.25) is 0 Å². The van der Waals surface area contributed by atoms with E-state index in [0.29, 0.717) is 13.2 Å². The molecule has 4 heteroatoms. The highest BCUT2D eigenvalue weighted by Crippen LogP contribution is 2.06. The first-order chi connectivity index (χ1) is 8.49. The summed E-state index contributed by atoms with van der Waals surface area (Å²) in [7, 11) is 0. The monoisotopic (exact) mass is 256 g/mol. The molecule has 0 aliphatic carbocycles. The van der Waals surface area contributed by atoms with Crippen molar-refractivity contribution in [2.45, 2.75) is 33.7 Å². The Morgan fingerprint density at radius 3 is 1.61 bits per heavy atom. The SMILES string of the molecule is CCOC(O)(CO)OCC.Cc1ccccc1C. The van der Waals surface area contributed by atoms with E-state index in [1.54, 1.807) is 13.8 Å². The van der Waals surface area contributed by atoms with Crippen LogP contribution in [0, 0.1) is 13.8 Å². The van der Waals surface area contributed by atoms with E-state index in [-0.39, 0.29) is 0 Å². The third-order valence-electron chi connectivity index (χ3n) is 2.37. The van der Waals surface area contributed by atoms with Crippen molar-refractivity contribution in [3.8, 4) is 0 Å². The molecule has 0 aromatic heterocycles. The maximum absolute atomic E-state index is 9.13. The van der Waals surface area contributed by atoms with Crippen LogP contribution in [0.1, 0.15) is 25.0 Å². The van der Waals surface area contributed by atoms with Crippen molar-refractivity contribution in [1.29, 1.82) is 0 Å². The molecule has 1 rings (SSSR count). The lowest BCUT2D eigenvalue weighted by molar-refractivity contribution is -0.369. The molecule has 1 aromatic rings. The summed E-state index contributed by atoms with van der Waals surface area (Å²) < 4.78 is 9.40. The van der Waals surface area contributed by atoms with Crippen molar-refractivity contribution in [1.82, 2.24) is 0 Å². The zero-order chi connectivity index (χ0) is 14.0. The highest BCUT2D eigenvalue weighted by molar-refractivity contribution is 5.23. The second-order valence-electron chi connectivity index (χ2n) is 3.82. The van der Waals surface area contributed by atoms with Gasteiger partial charge in [0.25, 0.3) is 0 Å². The molecule has 0 saturated heterocycles. The molecule has 0 saturated carbocycles. The average molecular weight is 256 g/mol. The lowest BCUT2D eigenvalue weighted by atomic mass is 10.1. The Balaban J connectivity index is 0.000000327. The fourth-order valence-corrected chi connectivity index (χ4v) is 1.25. The minimum atomic E-state index is -1.80. The van der Waals surface area contributed by atoms with Crippen LogP contribution in [0.15, 0.2) is 24.3 Å². The van der Waals surface area contributed by atoms with E-state index in [9.17, 15) is 0 Å². The Labute approximate surface area is 109 Å².